The van der Waals surface area contributed by atoms with Crippen LogP contribution in [0, 0.1) is 17.0 Å². The number of halogens is 1. The van der Waals surface area contributed by atoms with E-state index < -0.39 is 11.1 Å². The van der Waals surface area contributed by atoms with Crippen molar-refractivity contribution < 1.29 is 9.72 Å². The summed E-state index contributed by atoms with van der Waals surface area (Å²) in [7, 11) is 0. The zero-order valence-electron chi connectivity index (χ0n) is 11.6. The maximum Gasteiger partial charge on any atom is 0.288 e. The molecule has 1 aliphatic rings. The Morgan fingerprint density at radius 3 is 2.73 bits per heavy atom. The predicted molar refractivity (Wildman–Crippen MR) is 83.1 cm³/mol. The number of carbonyl (C=O) groups is 1. The summed E-state index contributed by atoms with van der Waals surface area (Å²) >= 11 is 5.82. The van der Waals surface area contributed by atoms with Gasteiger partial charge in [-0.1, -0.05) is 29.8 Å². The Kier molecular flexibility index (Phi) is 3.46. The third-order valence-corrected chi connectivity index (χ3v) is 3.90. The lowest BCUT2D eigenvalue weighted by Crippen LogP contribution is -2.38. The van der Waals surface area contributed by atoms with Crippen LogP contribution in [0.4, 0.5) is 11.4 Å². The molecule has 7 heteroatoms. The van der Waals surface area contributed by atoms with E-state index in [9.17, 15) is 14.9 Å². The summed E-state index contributed by atoms with van der Waals surface area (Å²) in [6.45, 7) is 1.89. The standard InChI is InChI=1S/C15H12ClN3O3/c1-8-3-2-4-10-13(8)17-14(18-15(10)20)9-5-6-11(16)12(7-9)19(21)22/h2-7,14,17H,1H3,(H,18,20). The number of anilines is 1. The highest BCUT2D eigenvalue weighted by molar-refractivity contribution is 6.32. The van der Waals surface area contributed by atoms with E-state index in [4.69, 9.17) is 11.6 Å². The lowest BCUT2D eigenvalue weighted by Gasteiger charge is -2.29. The van der Waals surface area contributed by atoms with Gasteiger partial charge < -0.3 is 10.6 Å². The Morgan fingerprint density at radius 1 is 1.23 bits per heavy atom. The minimum atomic E-state index is -0.546. The van der Waals surface area contributed by atoms with E-state index in [1.165, 1.54) is 12.1 Å². The van der Waals surface area contributed by atoms with Gasteiger partial charge in [0.25, 0.3) is 11.6 Å². The van der Waals surface area contributed by atoms with Crippen LogP contribution in [0.3, 0.4) is 0 Å². The topological polar surface area (TPSA) is 84.3 Å². The molecule has 2 aromatic carbocycles. The lowest BCUT2D eigenvalue weighted by molar-refractivity contribution is -0.384. The average molecular weight is 318 g/mol. The first-order chi connectivity index (χ1) is 10.5. The van der Waals surface area contributed by atoms with E-state index in [1.54, 1.807) is 12.1 Å². The van der Waals surface area contributed by atoms with Gasteiger partial charge in [0, 0.05) is 11.6 Å². The molecule has 112 valence electrons. The first kappa shape index (κ1) is 14.3. The number of fused-ring (bicyclic) bond motifs is 1. The van der Waals surface area contributed by atoms with Crippen molar-refractivity contribution in [1.29, 1.82) is 0 Å². The molecule has 22 heavy (non-hydrogen) atoms. The molecule has 0 spiro atoms. The van der Waals surface area contributed by atoms with Crippen LogP contribution >= 0.6 is 11.6 Å². The third kappa shape index (κ3) is 2.37. The van der Waals surface area contributed by atoms with Gasteiger partial charge in [-0.2, -0.15) is 0 Å². The summed E-state index contributed by atoms with van der Waals surface area (Å²) < 4.78 is 0. The van der Waals surface area contributed by atoms with E-state index in [-0.39, 0.29) is 16.6 Å². The third-order valence-electron chi connectivity index (χ3n) is 3.58. The highest BCUT2D eigenvalue weighted by atomic mass is 35.5. The molecule has 1 atom stereocenters. The second-order valence-corrected chi connectivity index (χ2v) is 5.42. The summed E-state index contributed by atoms with van der Waals surface area (Å²) in [5.74, 6) is -0.222. The first-order valence-electron chi connectivity index (χ1n) is 6.58. The quantitative estimate of drug-likeness (QED) is 0.656. The Labute approximate surface area is 131 Å². The van der Waals surface area contributed by atoms with Crippen LogP contribution in [0.15, 0.2) is 36.4 Å². The maximum absolute atomic E-state index is 12.2. The van der Waals surface area contributed by atoms with Crippen LogP contribution in [-0.2, 0) is 0 Å². The maximum atomic E-state index is 12.2. The van der Waals surface area contributed by atoms with E-state index in [2.05, 4.69) is 10.6 Å². The van der Waals surface area contributed by atoms with Crippen molar-refractivity contribution in [1.82, 2.24) is 5.32 Å². The van der Waals surface area contributed by atoms with Gasteiger partial charge in [0.05, 0.1) is 16.2 Å². The Morgan fingerprint density at radius 2 is 2.00 bits per heavy atom. The minimum absolute atomic E-state index is 0.0625. The van der Waals surface area contributed by atoms with Crippen LogP contribution in [0.5, 0.6) is 0 Å². The summed E-state index contributed by atoms with van der Waals surface area (Å²) in [6, 6.07) is 9.90. The molecular formula is C15H12ClN3O3. The highest BCUT2D eigenvalue weighted by Gasteiger charge is 2.27. The molecule has 1 aliphatic heterocycles. The average Bonchev–Trinajstić information content (AvgIpc) is 2.48. The van der Waals surface area contributed by atoms with Crippen molar-refractivity contribution in [3.63, 3.8) is 0 Å². The number of aryl methyl sites for hydroxylation is 1. The molecule has 0 saturated heterocycles. The number of rotatable bonds is 2. The number of carbonyl (C=O) groups excluding carboxylic acids is 1. The van der Waals surface area contributed by atoms with Gasteiger partial charge in [-0.05, 0) is 24.6 Å². The zero-order valence-corrected chi connectivity index (χ0v) is 12.3. The largest absolute Gasteiger partial charge is 0.361 e. The van der Waals surface area contributed by atoms with Crippen molar-refractivity contribution in [2.24, 2.45) is 0 Å². The van der Waals surface area contributed by atoms with Gasteiger partial charge in [0.2, 0.25) is 0 Å². The van der Waals surface area contributed by atoms with Gasteiger partial charge in [0.15, 0.2) is 0 Å². The number of nitro benzene ring substituents is 1. The number of para-hydroxylation sites is 1. The molecule has 1 amide bonds. The fraction of sp³-hybridized carbons (Fsp3) is 0.133. The van der Waals surface area contributed by atoms with E-state index in [0.717, 1.165) is 11.3 Å². The van der Waals surface area contributed by atoms with Gasteiger partial charge >= 0.3 is 0 Å². The molecule has 0 radical (unpaired) electrons. The SMILES string of the molecule is Cc1cccc2c1NC(c1ccc(Cl)c([N+](=O)[O-])c1)NC2=O. The lowest BCUT2D eigenvalue weighted by atomic mass is 10.0. The Hall–Kier alpha value is -2.60. The number of amides is 1. The number of hydrogen-bond acceptors (Lipinski definition) is 4. The highest BCUT2D eigenvalue weighted by Crippen LogP contribution is 2.32. The molecule has 0 aliphatic carbocycles. The second kappa shape index (κ2) is 5.31. The van der Waals surface area contributed by atoms with Gasteiger partial charge in [-0.25, -0.2) is 0 Å². The number of nitro groups is 1. The van der Waals surface area contributed by atoms with Crippen LogP contribution < -0.4 is 10.6 Å². The number of nitrogens with one attached hydrogen (secondary N) is 2. The Bertz CT molecular complexity index is 792. The molecular weight excluding hydrogens is 306 g/mol. The molecule has 6 nitrogen and oxygen atoms in total. The summed E-state index contributed by atoms with van der Waals surface area (Å²) in [4.78, 5) is 22.6. The molecule has 2 N–H and O–H groups in total. The molecule has 1 heterocycles. The van der Waals surface area contributed by atoms with Crippen LogP contribution in [0.2, 0.25) is 5.02 Å². The first-order valence-corrected chi connectivity index (χ1v) is 6.96. The van der Waals surface area contributed by atoms with E-state index in [0.29, 0.717) is 11.1 Å². The molecule has 0 saturated carbocycles. The Balaban J connectivity index is 2.01. The van der Waals surface area contributed by atoms with Gasteiger partial charge in [-0.3, -0.25) is 14.9 Å². The monoisotopic (exact) mass is 317 g/mol. The molecule has 1 unspecified atom stereocenters. The molecule has 0 aromatic heterocycles. The zero-order chi connectivity index (χ0) is 15.9. The van der Waals surface area contributed by atoms with E-state index >= 15 is 0 Å². The minimum Gasteiger partial charge on any atom is -0.361 e. The van der Waals surface area contributed by atoms with Crippen molar-refractivity contribution in [3.05, 3.63) is 68.2 Å². The van der Waals surface area contributed by atoms with Crippen molar-refractivity contribution >= 4 is 28.9 Å². The molecule has 0 fully saturated rings. The normalized spacial score (nSPS) is 16.5. The fourth-order valence-corrected chi connectivity index (χ4v) is 2.64. The smallest absolute Gasteiger partial charge is 0.288 e. The van der Waals surface area contributed by atoms with Gasteiger partial charge in [-0.15, -0.1) is 0 Å². The number of hydrogen-bond donors (Lipinski definition) is 2. The summed E-state index contributed by atoms with van der Waals surface area (Å²) in [6.07, 6.45) is -0.544. The van der Waals surface area contributed by atoms with Crippen molar-refractivity contribution in [3.8, 4) is 0 Å². The fourth-order valence-electron chi connectivity index (χ4n) is 2.45. The summed E-state index contributed by atoms with van der Waals surface area (Å²) in [5, 5.41) is 17.0. The van der Waals surface area contributed by atoms with Crippen LogP contribution in [-0.4, -0.2) is 10.8 Å². The van der Waals surface area contributed by atoms with Crippen LogP contribution in [0.1, 0.15) is 27.7 Å². The van der Waals surface area contributed by atoms with Crippen molar-refractivity contribution in [2.45, 2.75) is 13.1 Å². The predicted octanol–water partition coefficient (Wildman–Crippen LogP) is 3.41. The molecule has 2 aromatic rings. The number of nitrogens with zero attached hydrogens (tertiary/aromatic N) is 1. The van der Waals surface area contributed by atoms with Gasteiger partial charge in [0.1, 0.15) is 11.2 Å². The molecule has 0 bridgehead atoms. The second-order valence-electron chi connectivity index (χ2n) is 5.02. The van der Waals surface area contributed by atoms with Crippen molar-refractivity contribution in [2.75, 3.05) is 5.32 Å². The number of benzene rings is 2. The summed E-state index contributed by atoms with van der Waals surface area (Å²) in [5.41, 5.74) is 2.60. The molecule has 3 rings (SSSR count). The van der Waals surface area contributed by atoms with E-state index in [1.807, 2.05) is 19.1 Å². The van der Waals surface area contributed by atoms with Crippen LogP contribution in [0.25, 0.3) is 0 Å².